The van der Waals surface area contributed by atoms with Crippen molar-refractivity contribution in [2.75, 3.05) is 13.2 Å². The van der Waals surface area contributed by atoms with Gasteiger partial charge in [-0.2, -0.15) is 0 Å². The van der Waals surface area contributed by atoms with Crippen LogP contribution in [-0.2, 0) is 8.85 Å². The SMILES string of the molecule is CCO[Si](OCC)C(CC)N([Si](C)(C)C)[Si](C)(C)C. The van der Waals surface area contributed by atoms with Gasteiger partial charge in [-0.1, -0.05) is 46.2 Å². The van der Waals surface area contributed by atoms with Crippen molar-refractivity contribution >= 4 is 25.8 Å². The summed E-state index contributed by atoms with van der Waals surface area (Å²) in [5.74, 6) is 0. The standard InChI is InChI=1S/C13H34NO2Si3/c1-10-13(17(15-11-2)16-12-3)14(18(4,5)6)19(7,8)9/h13H,10-12H2,1-9H3. The quantitative estimate of drug-likeness (QED) is 0.603. The molecule has 0 aliphatic rings. The first kappa shape index (κ1) is 19.5. The van der Waals surface area contributed by atoms with Crippen molar-refractivity contribution in [1.82, 2.24) is 4.23 Å². The molecule has 0 N–H and O–H groups in total. The predicted octanol–water partition coefficient (Wildman–Crippen LogP) is 3.84. The van der Waals surface area contributed by atoms with E-state index < -0.39 is 25.8 Å². The first-order valence-corrected chi connectivity index (χ1v) is 15.8. The number of rotatable bonds is 9. The van der Waals surface area contributed by atoms with E-state index in [0.717, 1.165) is 19.6 Å². The van der Waals surface area contributed by atoms with Crippen LogP contribution in [0.3, 0.4) is 0 Å². The van der Waals surface area contributed by atoms with E-state index in [1.807, 2.05) is 0 Å². The minimum absolute atomic E-state index is 0.489. The molecular formula is C13H34NO2Si3. The molecule has 0 rings (SSSR count). The molecule has 3 nitrogen and oxygen atoms in total. The lowest BCUT2D eigenvalue weighted by Gasteiger charge is -2.49. The zero-order valence-electron chi connectivity index (χ0n) is 14.5. The monoisotopic (exact) mass is 320 g/mol. The maximum atomic E-state index is 5.99. The topological polar surface area (TPSA) is 21.7 Å². The molecule has 0 aliphatic heterocycles. The Bertz CT molecular complexity index is 231. The van der Waals surface area contributed by atoms with E-state index in [4.69, 9.17) is 8.85 Å². The van der Waals surface area contributed by atoms with Crippen molar-refractivity contribution in [1.29, 1.82) is 0 Å². The molecule has 0 aromatic rings. The highest BCUT2D eigenvalue weighted by Crippen LogP contribution is 2.26. The zero-order valence-corrected chi connectivity index (χ0v) is 17.5. The Morgan fingerprint density at radius 2 is 1.21 bits per heavy atom. The van der Waals surface area contributed by atoms with E-state index in [1.54, 1.807) is 0 Å². The smallest absolute Gasteiger partial charge is 0.393 e. The van der Waals surface area contributed by atoms with E-state index in [2.05, 4.69) is 64.3 Å². The maximum absolute atomic E-state index is 5.99. The van der Waals surface area contributed by atoms with Crippen LogP contribution in [0.4, 0.5) is 0 Å². The second-order valence-corrected chi connectivity index (χ2v) is 18.8. The summed E-state index contributed by atoms with van der Waals surface area (Å²) >= 11 is 0. The molecule has 115 valence electrons. The number of hydrogen-bond acceptors (Lipinski definition) is 3. The lowest BCUT2D eigenvalue weighted by Crippen LogP contribution is -2.67. The van der Waals surface area contributed by atoms with E-state index >= 15 is 0 Å². The molecule has 0 spiro atoms. The Hall–Kier alpha value is 0.531. The molecule has 0 aliphatic carbocycles. The highest BCUT2D eigenvalue weighted by molar-refractivity contribution is 6.90. The minimum atomic E-state index is -1.37. The van der Waals surface area contributed by atoms with Gasteiger partial charge in [-0.3, -0.25) is 0 Å². The van der Waals surface area contributed by atoms with Crippen LogP contribution in [-0.4, -0.2) is 48.9 Å². The summed E-state index contributed by atoms with van der Waals surface area (Å²) < 4.78 is 14.8. The highest BCUT2D eigenvalue weighted by Gasteiger charge is 2.44. The van der Waals surface area contributed by atoms with Gasteiger partial charge in [-0.05, 0) is 20.3 Å². The summed E-state index contributed by atoms with van der Waals surface area (Å²) in [6, 6.07) is 0. The largest absolute Gasteiger partial charge is 0.402 e. The fraction of sp³-hybridized carbons (Fsp3) is 1.00. The summed E-state index contributed by atoms with van der Waals surface area (Å²) in [7, 11) is -3.94. The van der Waals surface area contributed by atoms with Crippen molar-refractivity contribution in [2.45, 2.75) is 72.1 Å². The molecule has 19 heavy (non-hydrogen) atoms. The third-order valence-corrected chi connectivity index (χ3v) is 13.4. The van der Waals surface area contributed by atoms with Gasteiger partial charge in [0.1, 0.15) is 16.5 Å². The molecule has 0 saturated heterocycles. The molecule has 0 heterocycles. The molecule has 6 heteroatoms. The van der Waals surface area contributed by atoms with Crippen molar-refractivity contribution in [3.05, 3.63) is 0 Å². The lowest BCUT2D eigenvalue weighted by atomic mass is 10.5. The van der Waals surface area contributed by atoms with Crippen LogP contribution >= 0.6 is 0 Å². The lowest BCUT2D eigenvalue weighted by molar-refractivity contribution is 0.192. The zero-order chi connectivity index (χ0) is 15.3. The van der Waals surface area contributed by atoms with Gasteiger partial charge >= 0.3 is 9.28 Å². The predicted molar refractivity (Wildman–Crippen MR) is 91.6 cm³/mol. The molecule has 0 aromatic heterocycles. The molecule has 1 atom stereocenters. The summed E-state index contributed by atoms with van der Waals surface area (Å²) in [4.78, 5) is 0. The van der Waals surface area contributed by atoms with Gasteiger partial charge in [0.25, 0.3) is 0 Å². The normalized spacial score (nSPS) is 15.3. The van der Waals surface area contributed by atoms with Crippen molar-refractivity contribution in [3.8, 4) is 0 Å². The van der Waals surface area contributed by atoms with E-state index in [0.29, 0.717) is 5.67 Å². The van der Waals surface area contributed by atoms with Crippen molar-refractivity contribution in [2.24, 2.45) is 0 Å². The average molecular weight is 321 g/mol. The molecule has 0 bridgehead atoms. The first-order valence-electron chi connectivity index (χ1n) is 7.51. The Morgan fingerprint density at radius 1 is 0.842 bits per heavy atom. The van der Waals surface area contributed by atoms with Crippen LogP contribution in [0.5, 0.6) is 0 Å². The van der Waals surface area contributed by atoms with Crippen LogP contribution in [0, 0.1) is 0 Å². The summed E-state index contributed by atoms with van der Waals surface area (Å²) in [5, 5.41) is 0. The van der Waals surface area contributed by atoms with Gasteiger partial charge in [0.2, 0.25) is 0 Å². The minimum Gasteiger partial charge on any atom is -0.393 e. The Morgan fingerprint density at radius 3 is 1.42 bits per heavy atom. The van der Waals surface area contributed by atoms with E-state index in [-0.39, 0.29) is 0 Å². The molecule has 0 amide bonds. The van der Waals surface area contributed by atoms with E-state index in [9.17, 15) is 0 Å². The number of hydrogen-bond donors (Lipinski definition) is 0. The van der Waals surface area contributed by atoms with Gasteiger partial charge in [-0.15, -0.1) is 0 Å². The van der Waals surface area contributed by atoms with Crippen LogP contribution in [0.2, 0.25) is 39.3 Å². The molecular weight excluding hydrogens is 286 g/mol. The van der Waals surface area contributed by atoms with Gasteiger partial charge in [0, 0.05) is 18.9 Å². The van der Waals surface area contributed by atoms with Crippen molar-refractivity contribution < 1.29 is 8.85 Å². The van der Waals surface area contributed by atoms with Gasteiger partial charge in [0.15, 0.2) is 0 Å². The van der Waals surface area contributed by atoms with Gasteiger partial charge in [-0.25, -0.2) is 0 Å². The molecule has 1 radical (unpaired) electrons. The summed E-state index contributed by atoms with van der Waals surface area (Å²) in [6.07, 6.45) is 1.13. The summed E-state index contributed by atoms with van der Waals surface area (Å²) in [5.41, 5.74) is 0.489. The van der Waals surface area contributed by atoms with Gasteiger partial charge in [0.05, 0.1) is 0 Å². The Balaban J connectivity index is 5.33. The second kappa shape index (κ2) is 8.09. The maximum Gasteiger partial charge on any atom is 0.402 e. The highest BCUT2D eigenvalue weighted by atomic mass is 28.4. The van der Waals surface area contributed by atoms with Crippen LogP contribution in [0.25, 0.3) is 0 Å². The summed E-state index contributed by atoms with van der Waals surface area (Å²) in [6.45, 7) is 22.6. The number of nitrogens with zero attached hydrogens (tertiary/aromatic N) is 1. The first-order chi connectivity index (χ1) is 8.59. The molecule has 1 unspecified atom stereocenters. The molecule has 0 fully saturated rings. The van der Waals surface area contributed by atoms with Crippen molar-refractivity contribution in [3.63, 3.8) is 0 Å². The molecule has 0 aromatic carbocycles. The second-order valence-electron chi connectivity index (χ2n) is 6.82. The van der Waals surface area contributed by atoms with Crippen LogP contribution in [0.15, 0.2) is 0 Å². The Kier molecular flexibility index (Phi) is 8.32. The van der Waals surface area contributed by atoms with Crippen LogP contribution in [0.1, 0.15) is 27.2 Å². The third kappa shape index (κ3) is 6.22. The average Bonchev–Trinajstić information content (AvgIpc) is 2.21. The van der Waals surface area contributed by atoms with Gasteiger partial charge < -0.3 is 13.1 Å². The molecule has 0 saturated carbocycles. The fourth-order valence-electron chi connectivity index (χ4n) is 2.91. The van der Waals surface area contributed by atoms with Crippen LogP contribution < -0.4 is 0 Å². The third-order valence-electron chi connectivity index (χ3n) is 2.99. The fourth-order valence-corrected chi connectivity index (χ4v) is 17.7. The van der Waals surface area contributed by atoms with E-state index in [1.165, 1.54) is 0 Å². The Labute approximate surface area is 124 Å².